The Kier molecular flexibility index (Phi) is 4.56. The third kappa shape index (κ3) is 3.60. The van der Waals surface area contributed by atoms with Crippen LogP contribution in [0.3, 0.4) is 0 Å². The summed E-state index contributed by atoms with van der Waals surface area (Å²) in [5.74, 6) is -1.51. The Hall–Kier alpha value is -3.15. The zero-order valence-electron chi connectivity index (χ0n) is 12.9. The summed E-state index contributed by atoms with van der Waals surface area (Å²) in [6, 6.07) is 16.4. The van der Waals surface area contributed by atoms with Gasteiger partial charge in [-0.2, -0.15) is 5.10 Å². The Labute approximate surface area is 139 Å². The number of hydrazone groups is 1. The lowest BCUT2D eigenvalue weighted by Gasteiger charge is -2.21. The Morgan fingerprint density at radius 3 is 2.58 bits per heavy atom. The predicted molar refractivity (Wildman–Crippen MR) is 89.9 cm³/mol. The van der Waals surface area contributed by atoms with Crippen LogP contribution < -0.4 is 11.2 Å². The molecular weight excluding hydrogens is 306 g/mol. The first-order chi connectivity index (χ1) is 11.6. The van der Waals surface area contributed by atoms with Crippen molar-refractivity contribution in [1.29, 1.82) is 0 Å². The fourth-order valence-corrected chi connectivity index (χ4v) is 2.47. The molecular formula is C18H17N3O3. The second-order valence-electron chi connectivity index (χ2n) is 5.50. The lowest BCUT2D eigenvalue weighted by atomic mass is 9.92. The molecule has 0 fully saturated rings. The van der Waals surface area contributed by atoms with Crippen molar-refractivity contribution in [3.05, 3.63) is 65.7 Å². The van der Waals surface area contributed by atoms with Crippen molar-refractivity contribution in [2.24, 2.45) is 11.0 Å². The first-order valence-electron chi connectivity index (χ1n) is 7.56. The molecule has 24 heavy (non-hydrogen) atoms. The minimum atomic E-state index is -0.730. The van der Waals surface area contributed by atoms with Crippen molar-refractivity contribution >= 4 is 23.3 Å². The average molecular weight is 323 g/mol. The average Bonchev–Trinajstić information content (AvgIpc) is 2.61. The van der Waals surface area contributed by atoms with Crippen molar-refractivity contribution in [2.75, 3.05) is 5.73 Å². The standard InChI is InChI=1S/C18H17N3O3/c19-14-8-6-13(7-9-14)17-15(10-16(22)20-21-17)18(23)24-11-12-4-2-1-3-5-12/h1-9,15H,10-11,19H2,(H,20,22). The molecule has 1 heterocycles. The van der Waals surface area contributed by atoms with Gasteiger partial charge >= 0.3 is 5.97 Å². The van der Waals surface area contributed by atoms with E-state index in [2.05, 4.69) is 10.5 Å². The van der Waals surface area contributed by atoms with E-state index in [0.29, 0.717) is 11.4 Å². The molecule has 1 aliphatic rings. The number of carbonyl (C=O) groups excluding carboxylic acids is 2. The van der Waals surface area contributed by atoms with Crippen LogP contribution in [0.4, 0.5) is 5.69 Å². The molecule has 6 nitrogen and oxygen atoms in total. The second-order valence-corrected chi connectivity index (χ2v) is 5.50. The third-order valence-electron chi connectivity index (χ3n) is 3.74. The van der Waals surface area contributed by atoms with Gasteiger partial charge in [-0.1, -0.05) is 42.5 Å². The van der Waals surface area contributed by atoms with Gasteiger partial charge in [0.05, 0.1) is 5.71 Å². The van der Waals surface area contributed by atoms with Crippen LogP contribution in [0.1, 0.15) is 17.5 Å². The summed E-state index contributed by atoms with van der Waals surface area (Å²) in [4.78, 5) is 24.1. The van der Waals surface area contributed by atoms with E-state index < -0.39 is 11.9 Å². The fourth-order valence-electron chi connectivity index (χ4n) is 2.47. The van der Waals surface area contributed by atoms with Gasteiger partial charge in [-0.05, 0) is 23.3 Å². The van der Waals surface area contributed by atoms with Crippen molar-refractivity contribution in [1.82, 2.24) is 5.43 Å². The number of hydrogen-bond donors (Lipinski definition) is 2. The van der Waals surface area contributed by atoms with E-state index in [9.17, 15) is 9.59 Å². The lowest BCUT2D eigenvalue weighted by molar-refractivity contribution is -0.149. The molecule has 6 heteroatoms. The van der Waals surface area contributed by atoms with E-state index in [1.54, 1.807) is 24.3 Å². The minimum Gasteiger partial charge on any atom is -0.460 e. The smallest absolute Gasteiger partial charge is 0.315 e. The molecule has 1 unspecified atom stereocenters. The maximum atomic E-state index is 12.5. The summed E-state index contributed by atoms with van der Waals surface area (Å²) >= 11 is 0. The molecule has 0 bridgehead atoms. The molecule has 0 saturated heterocycles. The Morgan fingerprint density at radius 2 is 1.88 bits per heavy atom. The highest BCUT2D eigenvalue weighted by Gasteiger charge is 2.33. The first kappa shape index (κ1) is 15.7. The summed E-state index contributed by atoms with van der Waals surface area (Å²) < 4.78 is 5.37. The summed E-state index contributed by atoms with van der Waals surface area (Å²) in [5.41, 5.74) is 10.8. The van der Waals surface area contributed by atoms with Crippen LogP contribution in [0.25, 0.3) is 0 Å². The molecule has 0 saturated carbocycles. The van der Waals surface area contributed by atoms with Crippen molar-refractivity contribution in [2.45, 2.75) is 13.0 Å². The van der Waals surface area contributed by atoms with E-state index in [1.807, 2.05) is 30.3 Å². The fraction of sp³-hybridized carbons (Fsp3) is 0.167. The highest BCUT2D eigenvalue weighted by Crippen LogP contribution is 2.20. The van der Waals surface area contributed by atoms with Crippen LogP contribution in [0, 0.1) is 5.92 Å². The molecule has 1 amide bonds. The number of rotatable bonds is 4. The van der Waals surface area contributed by atoms with Gasteiger partial charge in [-0.3, -0.25) is 9.59 Å². The number of benzene rings is 2. The third-order valence-corrected chi connectivity index (χ3v) is 3.74. The molecule has 0 aliphatic carbocycles. The highest BCUT2D eigenvalue weighted by atomic mass is 16.5. The zero-order valence-corrected chi connectivity index (χ0v) is 12.9. The molecule has 3 N–H and O–H groups in total. The first-order valence-corrected chi connectivity index (χ1v) is 7.56. The molecule has 122 valence electrons. The molecule has 0 spiro atoms. The topological polar surface area (TPSA) is 93.8 Å². The number of nitrogens with zero attached hydrogens (tertiary/aromatic N) is 1. The molecule has 1 aliphatic heterocycles. The van der Waals surface area contributed by atoms with Crippen LogP contribution >= 0.6 is 0 Å². The predicted octanol–water partition coefficient (Wildman–Crippen LogP) is 1.85. The van der Waals surface area contributed by atoms with E-state index >= 15 is 0 Å². The van der Waals surface area contributed by atoms with Gasteiger partial charge in [0, 0.05) is 12.1 Å². The van der Waals surface area contributed by atoms with E-state index in [0.717, 1.165) is 11.1 Å². The molecule has 2 aromatic carbocycles. The Morgan fingerprint density at radius 1 is 1.17 bits per heavy atom. The number of anilines is 1. The SMILES string of the molecule is Nc1ccc(C2=NNC(=O)CC2C(=O)OCc2ccccc2)cc1. The molecule has 1 atom stereocenters. The number of hydrogen-bond acceptors (Lipinski definition) is 5. The van der Waals surface area contributed by atoms with Gasteiger partial charge in [-0.25, -0.2) is 5.43 Å². The molecule has 3 rings (SSSR count). The number of esters is 1. The van der Waals surface area contributed by atoms with Crippen LogP contribution in [0.15, 0.2) is 59.7 Å². The van der Waals surface area contributed by atoms with E-state index in [-0.39, 0.29) is 18.9 Å². The normalized spacial score (nSPS) is 16.9. The van der Waals surface area contributed by atoms with E-state index in [1.165, 1.54) is 0 Å². The van der Waals surface area contributed by atoms with Crippen LogP contribution in [-0.4, -0.2) is 17.6 Å². The van der Waals surface area contributed by atoms with Crippen molar-refractivity contribution in [3.8, 4) is 0 Å². The minimum absolute atomic E-state index is 0.0107. The number of ether oxygens (including phenoxy) is 1. The number of nitrogen functional groups attached to an aromatic ring is 1. The van der Waals surface area contributed by atoms with Crippen molar-refractivity contribution < 1.29 is 14.3 Å². The van der Waals surface area contributed by atoms with Gasteiger partial charge < -0.3 is 10.5 Å². The van der Waals surface area contributed by atoms with Gasteiger partial charge in [0.25, 0.3) is 0 Å². The number of nitrogens with two attached hydrogens (primary N) is 1. The maximum absolute atomic E-state index is 12.5. The Bertz CT molecular complexity index is 770. The molecule has 0 aromatic heterocycles. The number of amides is 1. The molecule has 0 radical (unpaired) electrons. The Balaban J connectivity index is 1.76. The monoisotopic (exact) mass is 323 g/mol. The summed E-state index contributed by atoms with van der Waals surface area (Å²) in [6.07, 6.45) is 0.0107. The van der Waals surface area contributed by atoms with Gasteiger partial charge in [-0.15, -0.1) is 0 Å². The van der Waals surface area contributed by atoms with Crippen LogP contribution in [0.5, 0.6) is 0 Å². The zero-order chi connectivity index (χ0) is 16.9. The largest absolute Gasteiger partial charge is 0.460 e. The van der Waals surface area contributed by atoms with Crippen molar-refractivity contribution in [3.63, 3.8) is 0 Å². The summed E-state index contributed by atoms with van der Waals surface area (Å²) in [5, 5.41) is 4.04. The van der Waals surface area contributed by atoms with Gasteiger partial charge in [0.1, 0.15) is 12.5 Å². The highest BCUT2D eigenvalue weighted by molar-refractivity contribution is 6.15. The summed E-state index contributed by atoms with van der Waals surface area (Å²) in [6.45, 7) is 0.160. The maximum Gasteiger partial charge on any atom is 0.315 e. The summed E-state index contributed by atoms with van der Waals surface area (Å²) in [7, 11) is 0. The van der Waals surface area contributed by atoms with E-state index in [4.69, 9.17) is 10.5 Å². The lowest BCUT2D eigenvalue weighted by Crippen LogP contribution is -2.38. The second kappa shape index (κ2) is 6.95. The van der Waals surface area contributed by atoms with Gasteiger partial charge in [0.2, 0.25) is 5.91 Å². The van der Waals surface area contributed by atoms with Gasteiger partial charge in [0.15, 0.2) is 0 Å². The van der Waals surface area contributed by atoms with Crippen LogP contribution in [0.2, 0.25) is 0 Å². The quantitative estimate of drug-likeness (QED) is 0.663. The molecule has 2 aromatic rings. The number of carbonyl (C=O) groups is 2. The number of nitrogens with one attached hydrogen (secondary N) is 1. The van der Waals surface area contributed by atoms with Crippen LogP contribution in [-0.2, 0) is 20.9 Å².